The second-order valence-electron chi connectivity index (χ2n) is 2.69. The molecule has 0 spiro atoms. The van der Waals surface area contributed by atoms with Crippen LogP contribution in [-0.4, -0.2) is 39.1 Å². The van der Waals surface area contributed by atoms with Gasteiger partial charge in [-0.05, 0) is 40.5 Å². The van der Waals surface area contributed by atoms with Gasteiger partial charge < -0.3 is 4.90 Å². The smallest absolute Gasteiger partial charge is 0.0100 e. The molecule has 0 radical (unpaired) electrons. The number of nitrogens with one attached hydrogen (secondary N) is 2. The highest BCUT2D eigenvalue weighted by atomic mass is 15.3. The molecule has 0 saturated heterocycles. The largest absolute Gasteiger partial charge is 0.309 e. The van der Waals surface area contributed by atoms with Gasteiger partial charge in [-0.1, -0.05) is 0 Å². The minimum absolute atomic E-state index is 1.06. The minimum atomic E-state index is 1.06. The van der Waals surface area contributed by atoms with E-state index in [9.17, 15) is 0 Å². The number of hydrazine groups is 1. The van der Waals surface area contributed by atoms with Crippen LogP contribution in [0.3, 0.4) is 0 Å². The van der Waals surface area contributed by atoms with E-state index in [0.717, 1.165) is 6.54 Å². The van der Waals surface area contributed by atoms with Crippen LogP contribution in [0.1, 0.15) is 12.8 Å². The Morgan fingerprint density at radius 2 is 1.90 bits per heavy atom. The average Bonchev–Trinajstić information content (AvgIpc) is 1.87. The molecule has 3 nitrogen and oxygen atoms in total. The first-order valence-electron chi connectivity index (χ1n) is 3.81. The molecule has 0 amide bonds. The molecule has 0 aromatic carbocycles. The molecular weight excluding hydrogens is 126 g/mol. The van der Waals surface area contributed by atoms with Crippen molar-refractivity contribution in [2.75, 3.05) is 34.2 Å². The molecule has 0 saturated carbocycles. The maximum absolute atomic E-state index is 3.05. The van der Waals surface area contributed by atoms with Gasteiger partial charge in [-0.3, -0.25) is 10.9 Å². The van der Waals surface area contributed by atoms with Crippen LogP contribution in [0, 0.1) is 0 Å². The Labute approximate surface area is 63.8 Å². The molecule has 3 heteroatoms. The standard InChI is InChI=1S/C7H19N3/c1-8-9-6-4-5-7-10(2)3/h8-9H,4-7H2,1-3H3. The summed E-state index contributed by atoms with van der Waals surface area (Å²) in [5, 5.41) is 0. The molecule has 0 aromatic heterocycles. The molecule has 0 aliphatic heterocycles. The van der Waals surface area contributed by atoms with Gasteiger partial charge in [0.25, 0.3) is 0 Å². The molecule has 2 N–H and O–H groups in total. The summed E-state index contributed by atoms with van der Waals surface area (Å²) in [6, 6.07) is 0. The van der Waals surface area contributed by atoms with E-state index < -0.39 is 0 Å². The Morgan fingerprint density at radius 3 is 2.40 bits per heavy atom. The number of rotatable bonds is 6. The first kappa shape index (κ1) is 9.88. The van der Waals surface area contributed by atoms with E-state index in [-0.39, 0.29) is 0 Å². The van der Waals surface area contributed by atoms with Crippen LogP contribution in [0.25, 0.3) is 0 Å². The highest BCUT2D eigenvalue weighted by molar-refractivity contribution is 4.46. The van der Waals surface area contributed by atoms with Gasteiger partial charge in [0.1, 0.15) is 0 Å². The normalized spacial score (nSPS) is 10.8. The second kappa shape index (κ2) is 6.99. The first-order valence-corrected chi connectivity index (χ1v) is 3.81. The van der Waals surface area contributed by atoms with Gasteiger partial charge in [-0.15, -0.1) is 0 Å². The fourth-order valence-corrected chi connectivity index (χ4v) is 0.766. The van der Waals surface area contributed by atoms with Crippen molar-refractivity contribution in [3.05, 3.63) is 0 Å². The van der Waals surface area contributed by atoms with E-state index in [4.69, 9.17) is 0 Å². The number of unbranched alkanes of at least 4 members (excludes halogenated alkanes) is 1. The molecule has 0 aliphatic carbocycles. The molecule has 0 aromatic rings. The maximum atomic E-state index is 3.05. The Bertz CT molecular complexity index is 63.9. The van der Waals surface area contributed by atoms with Gasteiger partial charge in [-0.25, -0.2) is 0 Å². The van der Waals surface area contributed by atoms with Crippen molar-refractivity contribution in [3.63, 3.8) is 0 Å². The quantitative estimate of drug-likeness (QED) is 0.408. The van der Waals surface area contributed by atoms with E-state index in [1.165, 1.54) is 19.4 Å². The van der Waals surface area contributed by atoms with Gasteiger partial charge in [0, 0.05) is 6.54 Å². The zero-order valence-electron chi connectivity index (χ0n) is 7.28. The van der Waals surface area contributed by atoms with Crippen LogP contribution in [-0.2, 0) is 0 Å². The predicted molar refractivity (Wildman–Crippen MR) is 44.9 cm³/mol. The van der Waals surface area contributed by atoms with E-state index in [1.54, 1.807) is 0 Å². The molecule has 0 fully saturated rings. The van der Waals surface area contributed by atoms with Crippen molar-refractivity contribution < 1.29 is 0 Å². The van der Waals surface area contributed by atoms with Crippen molar-refractivity contribution in [2.45, 2.75) is 12.8 Å². The Balaban J connectivity index is 2.77. The fourth-order valence-electron chi connectivity index (χ4n) is 0.766. The summed E-state index contributed by atoms with van der Waals surface area (Å²) >= 11 is 0. The van der Waals surface area contributed by atoms with Gasteiger partial charge >= 0.3 is 0 Å². The van der Waals surface area contributed by atoms with E-state index in [2.05, 4.69) is 29.8 Å². The monoisotopic (exact) mass is 145 g/mol. The van der Waals surface area contributed by atoms with Gasteiger partial charge in [-0.2, -0.15) is 0 Å². The number of hydrogen-bond acceptors (Lipinski definition) is 3. The van der Waals surface area contributed by atoms with Crippen LogP contribution in [0.5, 0.6) is 0 Å². The lowest BCUT2D eigenvalue weighted by atomic mass is 10.3. The summed E-state index contributed by atoms with van der Waals surface area (Å²) in [6.07, 6.45) is 2.50. The highest BCUT2D eigenvalue weighted by Gasteiger charge is 1.88. The lowest BCUT2D eigenvalue weighted by Gasteiger charge is -2.08. The summed E-state index contributed by atoms with van der Waals surface area (Å²) in [7, 11) is 6.10. The molecular formula is C7H19N3. The Hall–Kier alpha value is -0.120. The molecule has 0 aliphatic rings. The topological polar surface area (TPSA) is 27.3 Å². The molecule has 0 rings (SSSR count). The average molecular weight is 145 g/mol. The maximum Gasteiger partial charge on any atom is 0.0100 e. The molecule has 62 valence electrons. The third-order valence-corrected chi connectivity index (χ3v) is 1.33. The van der Waals surface area contributed by atoms with Gasteiger partial charge in [0.15, 0.2) is 0 Å². The van der Waals surface area contributed by atoms with Crippen molar-refractivity contribution >= 4 is 0 Å². The Morgan fingerprint density at radius 1 is 1.20 bits per heavy atom. The van der Waals surface area contributed by atoms with Crippen LogP contribution < -0.4 is 10.9 Å². The van der Waals surface area contributed by atoms with Crippen molar-refractivity contribution in [1.29, 1.82) is 0 Å². The van der Waals surface area contributed by atoms with E-state index in [1.807, 2.05) is 7.05 Å². The van der Waals surface area contributed by atoms with Crippen LogP contribution in [0.4, 0.5) is 0 Å². The lowest BCUT2D eigenvalue weighted by Crippen LogP contribution is -2.28. The zero-order chi connectivity index (χ0) is 7.82. The van der Waals surface area contributed by atoms with Crippen LogP contribution >= 0.6 is 0 Å². The molecule has 0 unspecified atom stereocenters. The third-order valence-electron chi connectivity index (χ3n) is 1.33. The van der Waals surface area contributed by atoms with Gasteiger partial charge in [0.05, 0.1) is 0 Å². The molecule has 0 atom stereocenters. The predicted octanol–water partition coefficient (Wildman–Crippen LogP) is 0.0522. The van der Waals surface area contributed by atoms with Crippen molar-refractivity contribution in [1.82, 2.24) is 15.8 Å². The van der Waals surface area contributed by atoms with Crippen molar-refractivity contribution in [3.8, 4) is 0 Å². The zero-order valence-corrected chi connectivity index (χ0v) is 7.28. The minimum Gasteiger partial charge on any atom is -0.309 e. The molecule has 0 heterocycles. The number of hydrogen-bond donors (Lipinski definition) is 2. The molecule has 10 heavy (non-hydrogen) atoms. The fraction of sp³-hybridized carbons (Fsp3) is 1.00. The van der Waals surface area contributed by atoms with Crippen LogP contribution in [0.15, 0.2) is 0 Å². The highest BCUT2D eigenvalue weighted by Crippen LogP contribution is 1.87. The van der Waals surface area contributed by atoms with E-state index >= 15 is 0 Å². The summed E-state index contributed by atoms with van der Waals surface area (Å²) in [6.45, 7) is 2.25. The van der Waals surface area contributed by atoms with Crippen LogP contribution in [0.2, 0.25) is 0 Å². The summed E-state index contributed by atoms with van der Waals surface area (Å²) in [5.41, 5.74) is 5.95. The number of nitrogens with zero attached hydrogens (tertiary/aromatic N) is 1. The Kier molecular flexibility index (Phi) is 6.91. The second-order valence-corrected chi connectivity index (χ2v) is 2.69. The first-order chi connectivity index (χ1) is 4.77. The van der Waals surface area contributed by atoms with Gasteiger partial charge in [0.2, 0.25) is 0 Å². The van der Waals surface area contributed by atoms with E-state index in [0.29, 0.717) is 0 Å². The summed E-state index contributed by atoms with van der Waals surface area (Å²) in [4.78, 5) is 2.21. The lowest BCUT2D eigenvalue weighted by molar-refractivity contribution is 0.389. The summed E-state index contributed by atoms with van der Waals surface area (Å²) < 4.78 is 0. The molecule has 0 bridgehead atoms. The van der Waals surface area contributed by atoms with Crippen molar-refractivity contribution in [2.24, 2.45) is 0 Å². The third kappa shape index (κ3) is 7.88. The SMILES string of the molecule is CNNCCCCN(C)C. The summed E-state index contributed by atoms with van der Waals surface area (Å²) in [5.74, 6) is 0.